The van der Waals surface area contributed by atoms with Crippen LogP contribution < -0.4 is 11.1 Å². The van der Waals surface area contributed by atoms with E-state index in [0.29, 0.717) is 0 Å². The molecule has 0 radical (unpaired) electrons. The first-order chi connectivity index (χ1) is 9.96. The molecule has 0 aromatic heterocycles. The number of carbonyl (C=O) groups excluding carboxylic acids is 1. The number of hydrogen-bond donors (Lipinski definition) is 2. The Labute approximate surface area is 126 Å². The van der Waals surface area contributed by atoms with Gasteiger partial charge in [-0.1, -0.05) is 61.9 Å². The average Bonchev–Trinajstić information content (AvgIpc) is 2.47. The first kappa shape index (κ1) is 15.1. The lowest BCUT2D eigenvalue weighted by Gasteiger charge is -2.37. The zero-order valence-electron chi connectivity index (χ0n) is 12.8. The molecule has 0 fully saturated rings. The van der Waals surface area contributed by atoms with Gasteiger partial charge in [0, 0.05) is 5.69 Å². The monoisotopic (exact) mass is 282 g/mol. The highest BCUT2D eigenvalue weighted by Crippen LogP contribution is 2.33. The average molecular weight is 282 g/mol. The van der Waals surface area contributed by atoms with Crippen molar-refractivity contribution in [3.63, 3.8) is 0 Å². The fraction of sp³-hybridized carbons (Fsp3) is 0.278. The minimum atomic E-state index is -0.920. The lowest BCUT2D eigenvalue weighted by molar-refractivity contribution is -0.124. The van der Waals surface area contributed by atoms with Gasteiger partial charge < -0.3 is 11.1 Å². The van der Waals surface area contributed by atoms with Crippen molar-refractivity contribution >= 4 is 11.6 Å². The summed E-state index contributed by atoms with van der Waals surface area (Å²) in [6.07, 6.45) is 0. The minimum Gasteiger partial charge on any atom is -0.367 e. The molecular weight excluding hydrogens is 260 g/mol. The number of anilines is 1. The van der Waals surface area contributed by atoms with Crippen molar-refractivity contribution in [2.75, 3.05) is 5.32 Å². The molecule has 1 amide bonds. The van der Waals surface area contributed by atoms with Crippen LogP contribution in [0.1, 0.15) is 25.0 Å². The lowest BCUT2D eigenvalue weighted by Crippen LogP contribution is -2.51. The van der Waals surface area contributed by atoms with Crippen LogP contribution in [0.25, 0.3) is 0 Å². The van der Waals surface area contributed by atoms with E-state index in [2.05, 4.69) is 5.32 Å². The zero-order valence-corrected chi connectivity index (χ0v) is 12.8. The molecule has 0 bridgehead atoms. The maximum Gasteiger partial charge on any atom is 0.248 e. The molecule has 3 nitrogen and oxygen atoms in total. The van der Waals surface area contributed by atoms with E-state index in [1.807, 2.05) is 75.4 Å². The van der Waals surface area contributed by atoms with Crippen molar-refractivity contribution in [3.05, 3.63) is 65.7 Å². The first-order valence-electron chi connectivity index (χ1n) is 7.17. The number of rotatable bonds is 5. The van der Waals surface area contributed by atoms with E-state index in [9.17, 15) is 4.79 Å². The molecular formula is C18H22N2O. The molecule has 1 atom stereocenters. The number of hydrogen-bond acceptors (Lipinski definition) is 2. The zero-order chi connectivity index (χ0) is 15.5. The predicted octanol–water partition coefficient (Wildman–Crippen LogP) is 3.44. The summed E-state index contributed by atoms with van der Waals surface area (Å²) in [6, 6.07) is 17.6. The lowest BCUT2D eigenvalue weighted by atomic mass is 9.79. The Hall–Kier alpha value is -2.29. The van der Waals surface area contributed by atoms with Gasteiger partial charge in [-0.15, -0.1) is 0 Å². The van der Waals surface area contributed by atoms with Crippen LogP contribution in [0, 0.1) is 12.8 Å². The molecule has 21 heavy (non-hydrogen) atoms. The molecule has 3 N–H and O–H groups in total. The van der Waals surface area contributed by atoms with Gasteiger partial charge in [0.2, 0.25) is 5.91 Å². The van der Waals surface area contributed by atoms with E-state index < -0.39 is 5.54 Å². The van der Waals surface area contributed by atoms with Crippen LogP contribution in [-0.4, -0.2) is 5.91 Å². The third-order valence-corrected chi connectivity index (χ3v) is 3.88. The van der Waals surface area contributed by atoms with Crippen LogP contribution in [0.15, 0.2) is 54.6 Å². The number of primary amides is 1. The van der Waals surface area contributed by atoms with Crippen molar-refractivity contribution in [1.82, 2.24) is 0 Å². The molecule has 110 valence electrons. The second-order valence-electron chi connectivity index (χ2n) is 5.68. The van der Waals surface area contributed by atoms with E-state index in [-0.39, 0.29) is 11.8 Å². The molecule has 3 heteroatoms. The predicted molar refractivity (Wildman–Crippen MR) is 87.0 cm³/mol. The van der Waals surface area contributed by atoms with Crippen molar-refractivity contribution in [3.8, 4) is 0 Å². The molecule has 2 aromatic rings. The number of benzene rings is 2. The summed E-state index contributed by atoms with van der Waals surface area (Å²) >= 11 is 0. The maximum atomic E-state index is 12.3. The van der Waals surface area contributed by atoms with Gasteiger partial charge in [0.1, 0.15) is 5.54 Å². The van der Waals surface area contributed by atoms with Crippen LogP contribution in [0.2, 0.25) is 0 Å². The van der Waals surface area contributed by atoms with Crippen LogP contribution in [0.4, 0.5) is 5.69 Å². The smallest absolute Gasteiger partial charge is 0.248 e. The summed E-state index contributed by atoms with van der Waals surface area (Å²) in [5.41, 5.74) is 7.80. The van der Waals surface area contributed by atoms with E-state index in [1.54, 1.807) is 0 Å². The summed E-state index contributed by atoms with van der Waals surface area (Å²) in [6.45, 7) is 6.03. The highest BCUT2D eigenvalue weighted by molar-refractivity contribution is 5.89. The van der Waals surface area contributed by atoms with Gasteiger partial charge in [0.05, 0.1) is 0 Å². The van der Waals surface area contributed by atoms with Crippen molar-refractivity contribution < 1.29 is 4.79 Å². The highest BCUT2D eigenvalue weighted by Gasteiger charge is 2.41. The number of nitrogens with two attached hydrogens (primary N) is 1. The second-order valence-corrected chi connectivity index (χ2v) is 5.68. The second kappa shape index (κ2) is 6.00. The Balaban J connectivity index is 2.50. The Kier molecular flexibility index (Phi) is 4.32. The van der Waals surface area contributed by atoms with Gasteiger partial charge in [-0.25, -0.2) is 0 Å². The maximum absolute atomic E-state index is 12.3. The molecule has 0 saturated carbocycles. The Morgan fingerprint density at radius 2 is 1.62 bits per heavy atom. The van der Waals surface area contributed by atoms with E-state index >= 15 is 0 Å². The Morgan fingerprint density at radius 3 is 2.10 bits per heavy atom. The molecule has 0 aliphatic carbocycles. The van der Waals surface area contributed by atoms with Gasteiger partial charge in [0.25, 0.3) is 0 Å². The van der Waals surface area contributed by atoms with Crippen LogP contribution >= 0.6 is 0 Å². The topological polar surface area (TPSA) is 55.1 Å². The highest BCUT2D eigenvalue weighted by atomic mass is 16.1. The largest absolute Gasteiger partial charge is 0.367 e. The molecule has 0 heterocycles. The number of amides is 1. The van der Waals surface area contributed by atoms with E-state index in [4.69, 9.17) is 5.73 Å². The minimum absolute atomic E-state index is 0.0127. The normalized spacial score (nSPS) is 13.7. The number of nitrogens with one attached hydrogen (secondary N) is 1. The van der Waals surface area contributed by atoms with Crippen LogP contribution in [-0.2, 0) is 10.3 Å². The fourth-order valence-electron chi connectivity index (χ4n) is 2.60. The molecule has 0 saturated heterocycles. The van der Waals surface area contributed by atoms with E-state index in [1.165, 1.54) is 5.56 Å². The summed E-state index contributed by atoms with van der Waals surface area (Å²) < 4.78 is 0. The quantitative estimate of drug-likeness (QED) is 0.882. The van der Waals surface area contributed by atoms with Crippen molar-refractivity contribution in [2.45, 2.75) is 26.3 Å². The van der Waals surface area contributed by atoms with Crippen LogP contribution in [0.5, 0.6) is 0 Å². The molecule has 1 unspecified atom stereocenters. The van der Waals surface area contributed by atoms with Gasteiger partial charge in [0.15, 0.2) is 0 Å². The van der Waals surface area contributed by atoms with Gasteiger partial charge in [-0.3, -0.25) is 4.79 Å². The third-order valence-electron chi connectivity index (χ3n) is 3.88. The molecule has 0 spiro atoms. The Morgan fingerprint density at radius 1 is 1.05 bits per heavy atom. The number of aryl methyl sites for hydroxylation is 1. The van der Waals surface area contributed by atoms with Crippen LogP contribution in [0.3, 0.4) is 0 Å². The molecule has 0 aliphatic heterocycles. The van der Waals surface area contributed by atoms with Gasteiger partial charge >= 0.3 is 0 Å². The van der Waals surface area contributed by atoms with Gasteiger partial charge in [-0.05, 0) is 30.5 Å². The summed E-state index contributed by atoms with van der Waals surface area (Å²) in [7, 11) is 0. The summed E-state index contributed by atoms with van der Waals surface area (Å²) in [4.78, 5) is 12.3. The summed E-state index contributed by atoms with van der Waals surface area (Å²) in [5.74, 6) is -0.358. The van der Waals surface area contributed by atoms with Crippen molar-refractivity contribution in [1.29, 1.82) is 0 Å². The Bertz CT molecular complexity index is 605. The van der Waals surface area contributed by atoms with Gasteiger partial charge in [-0.2, -0.15) is 0 Å². The standard InChI is InChI=1S/C18H22N2O/c1-13(2)18(17(19)21,15-7-5-4-6-8-15)20-16-11-9-14(3)10-12-16/h4-13,20H,1-3H3,(H2,19,21). The fourth-order valence-corrected chi connectivity index (χ4v) is 2.60. The SMILES string of the molecule is Cc1ccc(NC(C(N)=O)(c2ccccc2)C(C)C)cc1. The molecule has 0 aliphatic rings. The molecule has 2 rings (SSSR count). The molecule has 2 aromatic carbocycles. The van der Waals surface area contributed by atoms with Crippen molar-refractivity contribution in [2.24, 2.45) is 11.7 Å². The van der Waals surface area contributed by atoms with E-state index in [0.717, 1.165) is 11.3 Å². The number of carbonyl (C=O) groups is 1. The first-order valence-corrected chi connectivity index (χ1v) is 7.17. The third kappa shape index (κ3) is 2.92. The summed E-state index contributed by atoms with van der Waals surface area (Å²) in [5, 5.41) is 3.36.